The quantitative estimate of drug-likeness (QED) is 0.926. The fourth-order valence-electron chi connectivity index (χ4n) is 2.66. The Hall–Kier alpha value is -2.64. The molecule has 0 aliphatic carbocycles. The topological polar surface area (TPSA) is 85.2 Å². The van der Waals surface area contributed by atoms with Crippen LogP contribution in [0.15, 0.2) is 24.3 Å². The predicted octanol–water partition coefficient (Wildman–Crippen LogP) is 1.61. The number of rotatable bonds is 3. The minimum absolute atomic E-state index is 0.228. The van der Waals surface area contributed by atoms with Gasteiger partial charge in [-0.25, -0.2) is 4.79 Å². The average molecular weight is 316 g/mol. The predicted molar refractivity (Wildman–Crippen MR) is 84.5 cm³/mol. The highest BCUT2D eigenvalue weighted by atomic mass is 16.5. The number of hydrogen-bond donors (Lipinski definition) is 1. The van der Waals surface area contributed by atoms with Gasteiger partial charge in [-0.2, -0.15) is 4.68 Å². The Labute approximate surface area is 134 Å². The summed E-state index contributed by atoms with van der Waals surface area (Å²) in [7, 11) is 1.41. The van der Waals surface area contributed by atoms with Crippen LogP contribution in [0.2, 0.25) is 0 Å². The van der Waals surface area contributed by atoms with E-state index in [2.05, 4.69) is 20.8 Å². The van der Waals surface area contributed by atoms with Crippen molar-refractivity contribution in [3.8, 4) is 5.69 Å². The molecule has 1 aliphatic heterocycles. The lowest BCUT2D eigenvalue weighted by molar-refractivity contribution is 0.113. The number of methoxy groups -OCH3 is 1. The summed E-state index contributed by atoms with van der Waals surface area (Å²) in [6.45, 7) is 3.37. The molecule has 1 aromatic carbocycles. The van der Waals surface area contributed by atoms with E-state index in [4.69, 9.17) is 4.74 Å². The fourth-order valence-corrected chi connectivity index (χ4v) is 2.66. The van der Waals surface area contributed by atoms with Crippen LogP contribution in [0.1, 0.15) is 18.4 Å². The van der Waals surface area contributed by atoms with Crippen LogP contribution in [-0.4, -0.2) is 57.4 Å². The van der Waals surface area contributed by atoms with E-state index in [1.54, 1.807) is 9.58 Å². The molecular formula is C15H20N6O2. The molecule has 0 saturated carbocycles. The summed E-state index contributed by atoms with van der Waals surface area (Å²) in [6, 6.07) is 8.24. The number of hydrogen-bond acceptors (Lipinski definition) is 6. The van der Waals surface area contributed by atoms with Crippen LogP contribution in [-0.2, 0) is 4.74 Å². The van der Waals surface area contributed by atoms with E-state index in [-0.39, 0.29) is 12.1 Å². The number of aromatic nitrogens is 4. The Morgan fingerprint density at radius 1 is 1.26 bits per heavy atom. The van der Waals surface area contributed by atoms with Gasteiger partial charge in [0.05, 0.1) is 12.8 Å². The molecule has 1 aliphatic rings. The smallest absolute Gasteiger partial charge is 0.409 e. The first-order chi connectivity index (χ1) is 11.2. The number of nitrogens with one attached hydrogen (secondary N) is 1. The molecule has 1 aromatic heterocycles. The maximum Gasteiger partial charge on any atom is 0.409 e. The normalized spacial score (nSPS) is 15.5. The number of ether oxygens (including phenoxy) is 1. The zero-order valence-corrected chi connectivity index (χ0v) is 13.3. The number of aryl methyl sites for hydroxylation is 1. The molecule has 0 spiro atoms. The Kier molecular flexibility index (Phi) is 4.40. The number of carbonyl (C=O) groups excluding carboxylic acids is 1. The van der Waals surface area contributed by atoms with Gasteiger partial charge in [0.2, 0.25) is 5.95 Å². The maximum atomic E-state index is 11.5. The minimum atomic E-state index is -0.270. The molecule has 3 rings (SSSR count). The van der Waals surface area contributed by atoms with Gasteiger partial charge in [-0.05, 0) is 42.3 Å². The summed E-state index contributed by atoms with van der Waals surface area (Å²) < 4.78 is 6.43. The summed E-state index contributed by atoms with van der Waals surface area (Å²) in [5.74, 6) is 0.616. The van der Waals surface area contributed by atoms with Crippen molar-refractivity contribution < 1.29 is 9.53 Å². The number of likely N-dealkylation sites (tertiary alicyclic amines) is 1. The molecule has 1 amide bonds. The van der Waals surface area contributed by atoms with E-state index in [0.29, 0.717) is 19.0 Å². The van der Waals surface area contributed by atoms with Gasteiger partial charge in [0.15, 0.2) is 0 Å². The van der Waals surface area contributed by atoms with Crippen molar-refractivity contribution in [1.29, 1.82) is 0 Å². The van der Waals surface area contributed by atoms with Gasteiger partial charge in [0.1, 0.15) is 0 Å². The summed E-state index contributed by atoms with van der Waals surface area (Å²) >= 11 is 0. The van der Waals surface area contributed by atoms with Crippen LogP contribution < -0.4 is 5.32 Å². The van der Waals surface area contributed by atoms with Crippen molar-refractivity contribution in [3.05, 3.63) is 29.8 Å². The van der Waals surface area contributed by atoms with Gasteiger partial charge < -0.3 is 15.0 Å². The highest BCUT2D eigenvalue weighted by Crippen LogP contribution is 2.18. The summed E-state index contributed by atoms with van der Waals surface area (Å²) in [6.07, 6.45) is 1.39. The molecule has 0 unspecified atom stereocenters. The van der Waals surface area contributed by atoms with E-state index in [1.807, 2.05) is 31.2 Å². The Balaban J connectivity index is 1.65. The minimum Gasteiger partial charge on any atom is -0.453 e. The number of nitrogens with zero attached hydrogens (tertiary/aromatic N) is 5. The molecule has 1 saturated heterocycles. The number of tetrazole rings is 1. The van der Waals surface area contributed by atoms with Crippen molar-refractivity contribution >= 4 is 12.0 Å². The molecular weight excluding hydrogens is 296 g/mol. The van der Waals surface area contributed by atoms with Crippen LogP contribution in [0.4, 0.5) is 10.7 Å². The standard InChI is InChI=1S/C15H20N6O2/c1-11-3-5-13(6-4-11)21-14(17-18-19-21)16-12-7-9-20(10-8-12)15(22)23-2/h3-6,12H,7-10H2,1-2H3,(H,16,17,19). The second-order valence-corrected chi connectivity index (χ2v) is 5.63. The van der Waals surface area contributed by atoms with Gasteiger partial charge in [-0.15, -0.1) is 0 Å². The number of anilines is 1. The molecule has 23 heavy (non-hydrogen) atoms. The molecule has 1 fully saturated rings. The van der Waals surface area contributed by atoms with E-state index >= 15 is 0 Å². The van der Waals surface area contributed by atoms with Crippen molar-refractivity contribution in [2.24, 2.45) is 0 Å². The number of carbonyl (C=O) groups is 1. The second kappa shape index (κ2) is 6.64. The SMILES string of the molecule is COC(=O)N1CCC(Nc2nnnn2-c2ccc(C)cc2)CC1. The van der Waals surface area contributed by atoms with Gasteiger partial charge in [-0.3, -0.25) is 0 Å². The Morgan fingerprint density at radius 3 is 2.61 bits per heavy atom. The Morgan fingerprint density at radius 2 is 1.96 bits per heavy atom. The Bertz CT molecular complexity index is 661. The number of amides is 1. The van der Waals surface area contributed by atoms with Crippen LogP contribution in [0.25, 0.3) is 5.69 Å². The van der Waals surface area contributed by atoms with Gasteiger partial charge >= 0.3 is 6.09 Å². The third-order valence-electron chi connectivity index (χ3n) is 4.01. The molecule has 0 atom stereocenters. The average Bonchev–Trinajstić information content (AvgIpc) is 3.03. The fraction of sp³-hybridized carbons (Fsp3) is 0.467. The highest BCUT2D eigenvalue weighted by Gasteiger charge is 2.24. The monoisotopic (exact) mass is 316 g/mol. The zero-order valence-electron chi connectivity index (χ0n) is 13.3. The second-order valence-electron chi connectivity index (χ2n) is 5.63. The van der Waals surface area contributed by atoms with Crippen LogP contribution >= 0.6 is 0 Å². The van der Waals surface area contributed by atoms with E-state index in [9.17, 15) is 4.79 Å². The molecule has 122 valence electrons. The van der Waals surface area contributed by atoms with E-state index in [1.165, 1.54) is 12.7 Å². The van der Waals surface area contributed by atoms with E-state index < -0.39 is 0 Å². The van der Waals surface area contributed by atoms with Crippen LogP contribution in [0.3, 0.4) is 0 Å². The van der Waals surface area contributed by atoms with Crippen molar-refractivity contribution in [1.82, 2.24) is 25.1 Å². The lowest BCUT2D eigenvalue weighted by atomic mass is 10.1. The largest absolute Gasteiger partial charge is 0.453 e. The van der Waals surface area contributed by atoms with Crippen molar-refractivity contribution in [2.75, 3.05) is 25.5 Å². The first-order valence-electron chi connectivity index (χ1n) is 7.62. The molecule has 2 heterocycles. The van der Waals surface area contributed by atoms with Crippen LogP contribution in [0, 0.1) is 6.92 Å². The zero-order chi connectivity index (χ0) is 16.2. The van der Waals surface area contributed by atoms with Crippen molar-refractivity contribution in [2.45, 2.75) is 25.8 Å². The number of benzene rings is 1. The lowest BCUT2D eigenvalue weighted by Gasteiger charge is -2.31. The molecule has 1 N–H and O–H groups in total. The first-order valence-corrected chi connectivity index (χ1v) is 7.62. The van der Waals surface area contributed by atoms with Gasteiger partial charge in [0.25, 0.3) is 0 Å². The molecule has 0 radical (unpaired) electrons. The maximum absolute atomic E-state index is 11.5. The number of piperidine rings is 1. The summed E-state index contributed by atoms with van der Waals surface area (Å²) in [5, 5.41) is 15.2. The van der Waals surface area contributed by atoms with Gasteiger partial charge in [0, 0.05) is 19.1 Å². The molecule has 2 aromatic rings. The third-order valence-corrected chi connectivity index (χ3v) is 4.01. The van der Waals surface area contributed by atoms with Crippen LogP contribution in [0.5, 0.6) is 0 Å². The summed E-state index contributed by atoms with van der Waals surface area (Å²) in [5.41, 5.74) is 2.10. The molecule has 8 nitrogen and oxygen atoms in total. The van der Waals surface area contributed by atoms with Crippen molar-refractivity contribution in [3.63, 3.8) is 0 Å². The molecule has 8 heteroatoms. The van der Waals surface area contributed by atoms with E-state index in [0.717, 1.165) is 18.5 Å². The van der Waals surface area contributed by atoms with Gasteiger partial charge in [-0.1, -0.05) is 22.8 Å². The molecule has 0 bridgehead atoms. The third kappa shape index (κ3) is 3.41. The first kappa shape index (κ1) is 15.3. The summed E-state index contributed by atoms with van der Waals surface area (Å²) in [4.78, 5) is 13.2. The highest BCUT2D eigenvalue weighted by molar-refractivity contribution is 5.67. The lowest BCUT2D eigenvalue weighted by Crippen LogP contribution is -2.42.